The molecule has 12 heteroatoms. The Morgan fingerprint density at radius 3 is 2.31 bits per heavy atom. The van der Waals surface area contributed by atoms with Crippen LogP contribution in [0.25, 0.3) is 22.5 Å². The predicted molar refractivity (Wildman–Crippen MR) is 157 cm³/mol. The van der Waals surface area contributed by atoms with Crippen LogP contribution in [0.1, 0.15) is 36.7 Å². The number of benzene rings is 2. The van der Waals surface area contributed by atoms with E-state index < -0.39 is 11.6 Å². The van der Waals surface area contributed by atoms with Crippen molar-refractivity contribution in [2.45, 2.75) is 26.4 Å². The third kappa shape index (κ3) is 5.07. The van der Waals surface area contributed by atoms with Crippen LogP contribution in [0, 0.1) is 0 Å². The van der Waals surface area contributed by atoms with Gasteiger partial charge in [0.25, 0.3) is 0 Å². The van der Waals surface area contributed by atoms with Gasteiger partial charge in [-0.25, -0.2) is 19.6 Å². The highest BCUT2D eigenvalue weighted by molar-refractivity contribution is 6.27. The highest BCUT2D eigenvalue weighted by Crippen LogP contribution is 2.44. The van der Waals surface area contributed by atoms with Gasteiger partial charge in [-0.1, -0.05) is 24.3 Å². The molecule has 0 saturated carbocycles. The number of nitrogens with one attached hydrogen (secondary N) is 1. The van der Waals surface area contributed by atoms with Crippen molar-refractivity contribution in [2.24, 2.45) is 5.73 Å². The second-order valence-electron chi connectivity index (χ2n) is 11.6. The van der Waals surface area contributed by atoms with Gasteiger partial charge < -0.3 is 25.0 Å². The first-order valence-corrected chi connectivity index (χ1v) is 14.1. The number of aromatic nitrogens is 2. The molecule has 0 spiro atoms. The van der Waals surface area contributed by atoms with Crippen molar-refractivity contribution in [3.8, 4) is 22.5 Å². The average molecular weight is 574 g/mol. The largest absolute Gasteiger partial charge is 0.444 e. The Morgan fingerprint density at radius 2 is 1.67 bits per heavy atom. The van der Waals surface area contributed by atoms with Gasteiger partial charge in [0.2, 0.25) is 0 Å². The lowest BCUT2D eigenvalue weighted by atomic mass is 10.0. The minimum Gasteiger partial charge on any atom is -0.444 e. The molecule has 220 valence electrons. The van der Waals surface area contributed by atoms with Crippen molar-refractivity contribution in [1.29, 1.82) is 0 Å². The van der Waals surface area contributed by atoms with Crippen molar-refractivity contribution in [3.63, 3.8) is 0 Å². The van der Waals surface area contributed by atoms with Gasteiger partial charge in [0.15, 0.2) is 5.78 Å². The Hall–Kier alpha value is -4.42. The molecule has 3 aliphatic rings. The molecule has 2 fully saturated rings. The molecule has 3 aromatic rings. The number of urea groups is 1. The number of piperazine rings is 1. The average Bonchev–Trinajstić information content (AvgIpc) is 3.53. The Morgan fingerprint density at radius 1 is 0.976 bits per heavy atom. The Kier molecular flexibility index (Phi) is 7.11. The fraction of sp³-hybridized carbons (Fsp3) is 0.400. The van der Waals surface area contributed by atoms with E-state index in [-0.39, 0.29) is 11.9 Å². The topological polar surface area (TPSA) is 137 Å². The number of anilines is 2. The third-order valence-electron chi connectivity index (χ3n) is 7.68. The van der Waals surface area contributed by atoms with Gasteiger partial charge in [-0.15, -0.1) is 0 Å². The van der Waals surface area contributed by atoms with Gasteiger partial charge in [-0.3, -0.25) is 9.89 Å². The smallest absolute Gasteiger partial charge is 0.410 e. The van der Waals surface area contributed by atoms with Crippen LogP contribution in [0.3, 0.4) is 0 Å². The van der Waals surface area contributed by atoms with E-state index in [0.717, 1.165) is 11.3 Å². The second-order valence-corrected chi connectivity index (χ2v) is 11.6. The van der Waals surface area contributed by atoms with Crippen LogP contribution < -0.4 is 15.6 Å². The van der Waals surface area contributed by atoms with Gasteiger partial charge >= 0.3 is 12.1 Å². The number of carbonyl (C=O) groups excluding carboxylic acids is 3. The zero-order chi connectivity index (χ0) is 29.6. The third-order valence-corrected chi connectivity index (χ3v) is 7.68. The van der Waals surface area contributed by atoms with Crippen molar-refractivity contribution in [2.75, 3.05) is 62.4 Å². The highest BCUT2D eigenvalue weighted by Gasteiger charge is 2.38. The number of morpholine rings is 1. The highest BCUT2D eigenvalue weighted by atomic mass is 16.6. The quantitative estimate of drug-likeness (QED) is 0.379. The van der Waals surface area contributed by atoms with Crippen LogP contribution in [0.2, 0.25) is 0 Å². The Labute approximate surface area is 243 Å². The number of H-pyrrole nitrogens is 1. The summed E-state index contributed by atoms with van der Waals surface area (Å²) in [6, 6.07) is 12.7. The van der Waals surface area contributed by atoms with Crippen molar-refractivity contribution in [1.82, 2.24) is 20.1 Å². The number of ether oxygens (including phenoxy) is 2. The minimum absolute atomic E-state index is 0.207. The number of nitrogens with zero attached hydrogens (tertiary/aromatic N) is 5. The number of nitrogens with two attached hydrogens (primary N) is 1. The number of hydrogen-bond donors (Lipinski definition) is 2. The molecule has 42 heavy (non-hydrogen) atoms. The van der Waals surface area contributed by atoms with E-state index in [1.165, 1.54) is 5.01 Å². The summed E-state index contributed by atoms with van der Waals surface area (Å²) in [7, 11) is 0. The molecule has 1 aromatic heterocycles. The molecule has 2 aliphatic heterocycles. The van der Waals surface area contributed by atoms with Crippen LogP contribution in [-0.4, -0.2) is 96.1 Å². The fourth-order valence-corrected chi connectivity index (χ4v) is 5.72. The molecule has 0 radical (unpaired) electrons. The molecule has 0 unspecified atom stereocenters. The number of rotatable bonds is 4. The number of ketones is 1. The first-order valence-electron chi connectivity index (χ1n) is 14.1. The van der Waals surface area contributed by atoms with Crippen molar-refractivity contribution in [3.05, 3.63) is 53.6 Å². The van der Waals surface area contributed by atoms with E-state index in [0.29, 0.717) is 86.2 Å². The van der Waals surface area contributed by atoms with Gasteiger partial charge in [0.05, 0.1) is 35.7 Å². The molecular formula is C30H35N7O5. The van der Waals surface area contributed by atoms with E-state index in [2.05, 4.69) is 15.1 Å². The van der Waals surface area contributed by atoms with Crippen LogP contribution in [0.4, 0.5) is 21.0 Å². The summed E-state index contributed by atoms with van der Waals surface area (Å²) in [5.74, 6) is -0.207. The lowest BCUT2D eigenvalue weighted by Crippen LogP contribution is -2.54. The zero-order valence-electron chi connectivity index (χ0n) is 24.1. The first kappa shape index (κ1) is 27.7. The van der Waals surface area contributed by atoms with Gasteiger partial charge in [-0.2, -0.15) is 5.10 Å². The molecule has 3 heterocycles. The number of amides is 3. The Balaban J connectivity index is 1.21. The molecule has 12 nitrogen and oxygen atoms in total. The Bertz CT molecular complexity index is 1510. The van der Waals surface area contributed by atoms with Crippen LogP contribution in [0.5, 0.6) is 0 Å². The van der Waals surface area contributed by atoms with Crippen LogP contribution in [-0.2, 0) is 9.47 Å². The lowest BCUT2D eigenvalue weighted by Gasteiger charge is -2.36. The van der Waals surface area contributed by atoms with Crippen LogP contribution >= 0.6 is 0 Å². The molecule has 3 amide bonds. The maximum absolute atomic E-state index is 13.9. The number of primary amides is 1. The maximum Gasteiger partial charge on any atom is 0.410 e. The van der Waals surface area contributed by atoms with Gasteiger partial charge in [0, 0.05) is 56.1 Å². The summed E-state index contributed by atoms with van der Waals surface area (Å²) in [5, 5.41) is 10.8. The van der Waals surface area contributed by atoms with E-state index in [4.69, 9.17) is 15.2 Å². The number of fused-ring (bicyclic) bond motifs is 3. The molecule has 6 rings (SSSR count). The van der Waals surface area contributed by atoms with Gasteiger partial charge in [-0.05, 0) is 39.0 Å². The number of carbonyl (C=O) groups is 3. The molecule has 2 saturated heterocycles. The monoisotopic (exact) mass is 573 g/mol. The molecule has 3 N–H and O–H groups in total. The molecule has 2 aromatic carbocycles. The summed E-state index contributed by atoms with van der Waals surface area (Å²) < 4.78 is 10.9. The van der Waals surface area contributed by atoms with Crippen LogP contribution in [0.15, 0.2) is 42.5 Å². The SMILES string of the molecule is CC(C)(C)OC(=O)N1CCN(c2ccc(-c3n[nH]c4c3C(=O)c3c-4cccc3N(C(N)=O)N3CCOCC3)cc2)CC1. The summed E-state index contributed by atoms with van der Waals surface area (Å²) in [5.41, 5.74) is 10.3. The second kappa shape index (κ2) is 10.8. The molecule has 1 aliphatic carbocycles. The molecule has 0 bridgehead atoms. The summed E-state index contributed by atoms with van der Waals surface area (Å²) in [6.07, 6.45) is -0.289. The van der Waals surface area contributed by atoms with Crippen molar-refractivity contribution >= 4 is 29.3 Å². The predicted octanol–water partition coefficient (Wildman–Crippen LogP) is 3.48. The van der Waals surface area contributed by atoms with E-state index in [1.807, 2.05) is 62.2 Å². The standard InChI is InChI=1S/C30H35N7O5/c1-30(2,3)42-29(40)35-13-11-34(12-14-35)20-9-7-19(8-10-20)25-24-26(33-32-25)21-5-4-6-22(23(21)27(24)38)37(28(31)39)36-15-17-41-18-16-36/h4-10H,11-18H2,1-3H3,(H2,31,39)(H,32,33). The summed E-state index contributed by atoms with van der Waals surface area (Å²) >= 11 is 0. The van der Waals surface area contributed by atoms with E-state index >= 15 is 0 Å². The zero-order valence-corrected chi connectivity index (χ0v) is 24.1. The molecule has 0 atom stereocenters. The minimum atomic E-state index is -0.658. The number of hydrogen-bond acceptors (Lipinski definition) is 8. The van der Waals surface area contributed by atoms with E-state index in [1.54, 1.807) is 11.0 Å². The van der Waals surface area contributed by atoms with Crippen molar-refractivity contribution < 1.29 is 23.9 Å². The lowest BCUT2D eigenvalue weighted by molar-refractivity contribution is 0.0240. The van der Waals surface area contributed by atoms with E-state index in [9.17, 15) is 14.4 Å². The molecular weight excluding hydrogens is 538 g/mol. The fourth-order valence-electron chi connectivity index (χ4n) is 5.72. The summed E-state index contributed by atoms with van der Waals surface area (Å²) in [6.45, 7) is 10.0. The van der Waals surface area contributed by atoms with Gasteiger partial charge in [0.1, 0.15) is 11.3 Å². The first-order chi connectivity index (χ1) is 20.1. The summed E-state index contributed by atoms with van der Waals surface area (Å²) in [4.78, 5) is 42.9. The number of hydrazine groups is 1. The normalized spacial score (nSPS) is 17.2. The maximum atomic E-state index is 13.9. The number of aromatic amines is 1.